The summed E-state index contributed by atoms with van der Waals surface area (Å²) in [5, 5.41) is 0. The molecule has 5 nitrogen and oxygen atoms in total. The summed E-state index contributed by atoms with van der Waals surface area (Å²) in [6.45, 7) is 2.05. The molecule has 1 aliphatic heterocycles. The molecule has 0 aromatic heterocycles. The van der Waals surface area contributed by atoms with Crippen LogP contribution < -0.4 is 5.73 Å². The van der Waals surface area contributed by atoms with Crippen LogP contribution >= 0.6 is 0 Å². The second-order valence-corrected chi connectivity index (χ2v) is 3.44. The van der Waals surface area contributed by atoms with E-state index in [1.165, 1.54) is 6.08 Å². The number of carbonyl (C=O) groups excluding carboxylic acids is 3. The molecule has 0 spiro atoms. The summed E-state index contributed by atoms with van der Waals surface area (Å²) in [7, 11) is 0. The molecule has 0 aromatic rings. The minimum Gasteiger partial charge on any atom is -0.351 e. The topological polar surface area (TPSA) is 80.5 Å². The summed E-state index contributed by atoms with van der Waals surface area (Å²) < 4.78 is 0. The highest BCUT2D eigenvalue weighted by molar-refractivity contribution is 6.24. The van der Waals surface area contributed by atoms with Crippen molar-refractivity contribution in [3.05, 3.63) is 11.6 Å². The van der Waals surface area contributed by atoms with E-state index in [2.05, 4.69) is 0 Å². The van der Waals surface area contributed by atoms with E-state index in [1.54, 1.807) is 0 Å². The van der Waals surface area contributed by atoms with Crippen molar-refractivity contribution in [3.63, 3.8) is 0 Å². The summed E-state index contributed by atoms with van der Waals surface area (Å²) in [6.07, 6.45) is 4.60. The van der Waals surface area contributed by atoms with Crippen LogP contribution in [0.2, 0.25) is 0 Å². The Kier molecular flexibility index (Phi) is 3.60. The molecule has 0 aliphatic carbocycles. The third-order valence-electron chi connectivity index (χ3n) is 2.27. The van der Waals surface area contributed by atoms with Crippen LogP contribution in [0.25, 0.3) is 0 Å². The lowest BCUT2D eigenvalue weighted by atomic mass is 10.1. The number of unbranched alkanes of at least 4 members (excludes halogenated alkanes) is 2. The van der Waals surface area contributed by atoms with Gasteiger partial charge in [0.05, 0.1) is 0 Å². The van der Waals surface area contributed by atoms with Crippen molar-refractivity contribution < 1.29 is 14.4 Å². The van der Waals surface area contributed by atoms with Crippen molar-refractivity contribution in [1.82, 2.24) is 4.90 Å². The maximum atomic E-state index is 11.5. The van der Waals surface area contributed by atoms with Gasteiger partial charge in [0, 0.05) is 11.6 Å². The smallest absolute Gasteiger partial charge is 0.328 e. The number of amides is 4. The Balaban J connectivity index is 2.62. The number of primary amides is 1. The Labute approximate surface area is 87.9 Å². The van der Waals surface area contributed by atoms with Gasteiger partial charge in [0.1, 0.15) is 0 Å². The largest absolute Gasteiger partial charge is 0.351 e. The molecule has 0 atom stereocenters. The van der Waals surface area contributed by atoms with Gasteiger partial charge in [0.2, 0.25) is 0 Å². The van der Waals surface area contributed by atoms with Crippen molar-refractivity contribution in [2.45, 2.75) is 32.6 Å². The molecule has 0 fully saturated rings. The lowest BCUT2D eigenvalue weighted by Gasteiger charge is -2.08. The van der Waals surface area contributed by atoms with Gasteiger partial charge < -0.3 is 5.73 Å². The van der Waals surface area contributed by atoms with Crippen molar-refractivity contribution in [3.8, 4) is 0 Å². The van der Waals surface area contributed by atoms with Crippen LogP contribution in [0.5, 0.6) is 0 Å². The molecule has 1 rings (SSSR count). The maximum absolute atomic E-state index is 11.5. The molecule has 0 aromatic carbocycles. The van der Waals surface area contributed by atoms with Crippen LogP contribution in [0.15, 0.2) is 11.6 Å². The van der Waals surface area contributed by atoms with Gasteiger partial charge in [-0.25, -0.2) is 4.79 Å². The fourth-order valence-electron chi connectivity index (χ4n) is 1.47. The Morgan fingerprint density at radius 3 is 2.53 bits per heavy atom. The Bertz CT molecular complexity index is 334. The average Bonchev–Trinajstić information content (AvgIpc) is 2.42. The summed E-state index contributed by atoms with van der Waals surface area (Å²) in [5.41, 5.74) is 5.29. The molecule has 0 bridgehead atoms. The van der Waals surface area contributed by atoms with Crippen LogP contribution in [-0.2, 0) is 9.59 Å². The first-order chi connectivity index (χ1) is 7.07. The summed E-state index contributed by atoms with van der Waals surface area (Å²) in [4.78, 5) is 33.9. The third kappa shape index (κ3) is 2.43. The van der Waals surface area contributed by atoms with Gasteiger partial charge in [-0.2, -0.15) is 4.90 Å². The van der Waals surface area contributed by atoms with Gasteiger partial charge in [0.25, 0.3) is 11.8 Å². The molecule has 0 radical (unpaired) electrons. The van der Waals surface area contributed by atoms with E-state index in [4.69, 9.17) is 5.73 Å². The molecule has 2 N–H and O–H groups in total. The van der Waals surface area contributed by atoms with Crippen LogP contribution in [0.3, 0.4) is 0 Å². The summed E-state index contributed by atoms with van der Waals surface area (Å²) in [6, 6.07) is -1.01. The summed E-state index contributed by atoms with van der Waals surface area (Å²) in [5.74, 6) is -1.19. The highest BCUT2D eigenvalue weighted by Crippen LogP contribution is 2.18. The number of hydrogen-bond acceptors (Lipinski definition) is 3. The summed E-state index contributed by atoms with van der Waals surface area (Å²) >= 11 is 0. The second kappa shape index (κ2) is 4.72. The Morgan fingerprint density at radius 2 is 2.07 bits per heavy atom. The Hall–Kier alpha value is -1.65. The van der Waals surface area contributed by atoms with Crippen molar-refractivity contribution in [1.29, 1.82) is 0 Å². The van der Waals surface area contributed by atoms with E-state index in [0.29, 0.717) is 16.9 Å². The minimum absolute atomic E-state index is 0.382. The molecule has 0 saturated heterocycles. The first-order valence-corrected chi connectivity index (χ1v) is 4.96. The van der Waals surface area contributed by atoms with Gasteiger partial charge in [-0.3, -0.25) is 9.59 Å². The number of urea groups is 1. The molecule has 0 saturated carbocycles. The van der Waals surface area contributed by atoms with Crippen LogP contribution in [0.4, 0.5) is 4.79 Å². The van der Waals surface area contributed by atoms with Crippen molar-refractivity contribution in [2.75, 3.05) is 0 Å². The first-order valence-electron chi connectivity index (χ1n) is 4.96. The van der Waals surface area contributed by atoms with Gasteiger partial charge in [-0.15, -0.1) is 0 Å². The van der Waals surface area contributed by atoms with Gasteiger partial charge in [0.15, 0.2) is 0 Å². The highest BCUT2D eigenvalue weighted by atomic mass is 16.2. The van der Waals surface area contributed by atoms with E-state index in [0.717, 1.165) is 19.3 Å². The molecule has 5 heteroatoms. The quantitative estimate of drug-likeness (QED) is 0.554. The molecule has 0 unspecified atom stereocenters. The van der Waals surface area contributed by atoms with Crippen LogP contribution in [0.1, 0.15) is 32.6 Å². The number of nitrogens with zero attached hydrogens (tertiary/aromatic N) is 1. The average molecular weight is 210 g/mol. The molecule has 4 amide bonds. The third-order valence-corrected chi connectivity index (χ3v) is 2.27. The molecule has 15 heavy (non-hydrogen) atoms. The van der Waals surface area contributed by atoms with E-state index >= 15 is 0 Å². The van der Waals surface area contributed by atoms with Crippen LogP contribution in [0, 0.1) is 0 Å². The minimum atomic E-state index is -1.01. The van der Waals surface area contributed by atoms with Crippen LogP contribution in [-0.4, -0.2) is 22.7 Å². The lowest BCUT2D eigenvalue weighted by molar-refractivity contribution is -0.133. The molecule has 1 aliphatic rings. The predicted octanol–water partition coefficient (Wildman–Crippen LogP) is 0.941. The van der Waals surface area contributed by atoms with E-state index in [9.17, 15) is 14.4 Å². The molecular formula is C10H14N2O3. The maximum Gasteiger partial charge on any atom is 0.328 e. The molecular weight excluding hydrogens is 196 g/mol. The fourth-order valence-corrected chi connectivity index (χ4v) is 1.47. The zero-order valence-electron chi connectivity index (χ0n) is 8.66. The highest BCUT2D eigenvalue weighted by Gasteiger charge is 2.33. The fraction of sp³-hybridized carbons (Fsp3) is 0.500. The second-order valence-electron chi connectivity index (χ2n) is 3.44. The monoisotopic (exact) mass is 210 g/mol. The number of imide groups is 3. The lowest BCUT2D eigenvalue weighted by Crippen LogP contribution is -2.40. The standard InChI is InChI=1S/C10H14N2O3/c1-2-3-4-5-7-6-8(13)12(9(7)14)10(11)15/h6H,2-5H2,1H3,(H2,11,15). The van der Waals surface area contributed by atoms with E-state index in [-0.39, 0.29) is 0 Å². The number of rotatable bonds is 4. The normalized spacial score (nSPS) is 15.8. The SMILES string of the molecule is CCCCCC1=CC(=O)N(C(N)=O)C1=O. The number of carbonyl (C=O) groups is 3. The van der Waals surface area contributed by atoms with Gasteiger partial charge in [-0.05, 0) is 12.8 Å². The van der Waals surface area contributed by atoms with Gasteiger partial charge >= 0.3 is 6.03 Å². The van der Waals surface area contributed by atoms with Crippen molar-refractivity contribution in [2.24, 2.45) is 5.73 Å². The predicted molar refractivity (Wildman–Crippen MR) is 53.7 cm³/mol. The molecule has 1 heterocycles. The number of nitrogens with two attached hydrogens (primary N) is 1. The zero-order valence-corrected chi connectivity index (χ0v) is 8.66. The van der Waals surface area contributed by atoms with Gasteiger partial charge in [-0.1, -0.05) is 19.8 Å². The first kappa shape index (κ1) is 11.4. The molecule has 82 valence electrons. The zero-order chi connectivity index (χ0) is 11.4. The number of hydrogen-bond donors (Lipinski definition) is 1. The van der Waals surface area contributed by atoms with E-state index < -0.39 is 17.8 Å². The van der Waals surface area contributed by atoms with E-state index in [1.807, 2.05) is 6.92 Å². The Morgan fingerprint density at radius 1 is 1.40 bits per heavy atom. The van der Waals surface area contributed by atoms with Crippen molar-refractivity contribution >= 4 is 17.8 Å².